The van der Waals surface area contributed by atoms with Gasteiger partial charge in [-0.3, -0.25) is 0 Å². The van der Waals surface area contributed by atoms with Crippen LogP contribution in [0, 0.1) is 23.2 Å². The van der Waals surface area contributed by atoms with Crippen LogP contribution in [0.4, 0.5) is 0 Å². The van der Waals surface area contributed by atoms with E-state index in [0.29, 0.717) is 23.8 Å². The standard InChI is InChI=1S/C55H70N2/c1-8-11-29-49(10-3)56(50-30-21-15-22-31-50)52-34-25-28-47(41-52)53(55(37-9-2)42-44(55)5)48(40-43(4)46-26-17-14-18-27-46)36-35-45(6)57(51-32-19-12-13-20-33-51)54(7)38-23-16-24-39-54/h9-19,21,23-26,29-30,32,34-38,41,43-44,46,51H,8,20,22,27-28,31,33,39-40,42H2,1-7H3/b29-11-,37-9-,45-35+,48-36+,49-10+,53-47-. The van der Waals surface area contributed by atoms with Gasteiger partial charge in [0.1, 0.15) is 0 Å². The van der Waals surface area contributed by atoms with Gasteiger partial charge in [-0.25, -0.2) is 0 Å². The highest BCUT2D eigenvalue weighted by molar-refractivity contribution is 5.56. The zero-order chi connectivity index (χ0) is 40.3. The maximum absolute atomic E-state index is 2.71. The van der Waals surface area contributed by atoms with Crippen molar-refractivity contribution in [1.82, 2.24) is 9.80 Å². The van der Waals surface area contributed by atoms with Gasteiger partial charge in [0.25, 0.3) is 0 Å². The van der Waals surface area contributed by atoms with E-state index in [-0.39, 0.29) is 11.0 Å². The molecule has 0 saturated heterocycles. The Balaban J connectivity index is 1.54. The van der Waals surface area contributed by atoms with Crippen LogP contribution in [-0.2, 0) is 0 Å². The average Bonchev–Trinajstić information content (AvgIpc) is 3.95. The van der Waals surface area contributed by atoms with Gasteiger partial charge in [-0.15, -0.1) is 0 Å². The summed E-state index contributed by atoms with van der Waals surface area (Å²) in [5.41, 5.74) is 9.64. The molecule has 0 aliphatic heterocycles. The minimum atomic E-state index is -0.0946. The average molecular weight is 759 g/mol. The lowest BCUT2D eigenvalue weighted by Gasteiger charge is -2.46. The molecule has 0 heterocycles. The van der Waals surface area contributed by atoms with Gasteiger partial charge in [-0.05, 0) is 157 Å². The zero-order valence-electron chi connectivity index (χ0n) is 36.2. The van der Waals surface area contributed by atoms with Crippen molar-refractivity contribution in [3.63, 3.8) is 0 Å². The third kappa shape index (κ3) is 9.95. The summed E-state index contributed by atoms with van der Waals surface area (Å²) in [5, 5.41) is 0. The topological polar surface area (TPSA) is 6.48 Å². The molecule has 0 aromatic heterocycles. The first-order valence-electron chi connectivity index (χ1n) is 22.2. The van der Waals surface area contributed by atoms with Crippen molar-refractivity contribution in [2.45, 2.75) is 124 Å². The molecule has 0 bridgehead atoms. The summed E-state index contributed by atoms with van der Waals surface area (Å²) in [6.45, 7) is 16.4. The van der Waals surface area contributed by atoms with Crippen LogP contribution >= 0.6 is 0 Å². The molecule has 6 aliphatic rings. The summed E-state index contributed by atoms with van der Waals surface area (Å²) in [7, 11) is 0. The fourth-order valence-corrected chi connectivity index (χ4v) is 9.87. The van der Waals surface area contributed by atoms with Crippen LogP contribution in [0.1, 0.15) is 113 Å². The molecule has 6 atom stereocenters. The van der Waals surface area contributed by atoms with Crippen LogP contribution in [-0.4, -0.2) is 21.4 Å². The predicted molar refractivity (Wildman–Crippen MR) is 248 cm³/mol. The molecular weight excluding hydrogens is 689 g/mol. The molecule has 2 nitrogen and oxygen atoms in total. The lowest BCUT2D eigenvalue weighted by atomic mass is 9.75. The van der Waals surface area contributed by atoms with Crippen LogP contribution in [0.3, 0.4) is 0 Å². The van der Waals surface area contributed by atoms with Crippen molar-refractivity contribution in [2.24, 2.45) is 23.2 Å². The molecule has 6 unspecified atom stereocenters. The van der Waals surface area contributed by atoms with Crippen LogP contribution in [0.15, 0.2) is 191 Å². The Morgan fingerprint density at radius 2 is 1.74 bits per heavy atom. The van der Waals surface area contributed by atoms with Gasteiger partial charge < -0.3 is 9.80 Å². The van der Waals surface area contributed by atoms with Crippen molar-refractivity contribution in [3.8, 4) is 0 Å². The first kappa shape index (κ1) is 42.1. The maximum Gasteiger partial charge on any atom is 0.0597 e. The number of nitrogens with zero attached hydrogens (tertiary/aromatic N) is 2. The molecule has 57 heavy (non-hydrogen) atoms. The summed E-state index contributed by atoms with van der Waals surface area (Å²) in [6, 6.07) is 0.328. The molecule has 0 aromatic carbocycles. The summed E-state index contributed by atoms with van der Waals surface area (Å²) in [4.78, 5) is 5.24. The first-order chi connectivity index (χ1) is 27.7. The Kier molecular flexibility index (Phi) is 14.6. The fraction of sp³-hybridized carbons (Fsp3) is 0.418. The molecule has 0 aromatic rings. The number of hydrogen-bond acceptors (Lipinski definition) is 2. The fourth-order valence-electron chi connectivity index (χ4n) is 9.87. The number of allylic oxidation sites excluding steroid dienone is 27. The molecule has 1 fully saturated rings. The highest BCUT2D eigenvalue weighted by Crippen LogP contribution is 2.62. The van der Waals surface area contributed by atoms with Crippen LogP contribution in [0.2, 0.25) is 0 Å². The van der Waals surface area contributed by atoms with Gasteiger partial charge in [-0.1, -0.05) is 142 Å². The van der Waals surface area contributed by atoms with E-state index >= 15 is 0 Å². The molecule has 0 N–H and O–H groups in total. The van der Waals surface area contributed by atoms with Crippen molar-refractivity contribution >= 4 is 0 Å². The lowest BCUT2D eigenvalue weighted by Crippen LogP contribution is -2.49. The normalized spacial score (nSPS) is 30.2. The second-order valence-corrected chi connectivity index (χ2v) is 17.3. The third-order valence-electron chi connectivity index (χ3n) is 13.0. The molecule has 0 radical (unpaired) electrons. The summed E-state index contributed by atoms with van der Waals surface area (Å²) in [5.74, 6) is 1.62. The van der Waals surface area contributed by atoms with Gasteiger partial charge >= 0.3 is 0 Å². The minimum Gasteiger partial charge on any atom is -0.359 e. The molecule has 1 saturated carbocycles. The SMILES string of the molecule is C/C=C\C1(C(/C(=C/C=C(\C)N(C2C=CC=CCC2)C2(C)C=CC=CC2)CC(C)C2C=CC=CC2)=C2\C=C(N(C3=CC=CCC3)C(/C=C\CC)=C/C)C=CC2)CC1C. The Bertz CT molecular complexity index is 1950. The minimum absolute atomic E-state index is 0.0218. The smallest absolute Gasteiger partial charge is 0.0597 e. The summed E-state index contributed by atoms with van der Waals surface area (Å²) in [6.07, 6.45) is 69.3. The zero-order valence-corrected chi connectivity index (χ0v) is 36.2. The highest BCUT2D eigenvalue weighted by Gasteiger charge is 2.53. The molecule has 6 aliphatic carbocycles. The van der Waals surface area contributed by atoms with Crippen LogP contribution in [0.5, 0.6) is 0 Å². The molecular formula is C55H70N2. The molecule has 6 rings (SSSR count). The second-order valence-electron chi connectivity index (χ2n) is 17.3. The van der Waals surface area contributed by atoms with Crippen molar-refractivity contribution in [3.05, 3.63) is 191 Å². The number of rotatable bonds is 15. The third-order valence-corrected chi connectivity index (χ3v) is 13.0. The quantitative estimate of drug-likeness (QED) is 0.121. The lowest BCUT2D eigenvalue weighted by molar-refractivity contribution is 0.156. The van der Waals surface area contributed by atoms with Gasteiger partial charge in [-0.2, -0.15) is 0 Å². The predicted octanol–water partition coefficient (Wildman–Crippen LogP) is 15.0. The van der Waals surface area contributed by atoms with E-state index in [9.17, 15) is 0 Å². The molecule has 300 valence electrons. The van der Waals surface area contributed by atoms with Gasteiger partial charge in [0.15, 0.2) is 0 Å². The summed E-state index contributed by atoms with van der Waals surface area (Å²) < 4.78 is 0. The largest absolute Gasteiger partial charge is 0.359 e. The van der Waals surface area contributed by atoms with E-state index < -0.39 is 0 Å². The monoisotopic (exact) mass is 759 g/mol. The van der Waals surface area contributed by atoms with E-state index in [1.807, 2.05) is 0 Å². The molecule has 0 spiro atoms. The molecule has 2 heteroatoms. The van der Waals surface area contributed by atoms with Gasteiger partial charge in [0.2, 0.25) is 0 Å². The van der Waals surface area contributed by atoms with Crippen molar-refractivity contribution in [1.29, 1.82) is 0 Å². The van der Waals surface area contributed by atoms with E-state index in [1.54, 1.807) is 5.57 Å². The van der Waals surface area contributed by atoms with Crippen LogP contribution in [0.25, 0.3) is 0 Å². The second kappa shape index (κ2) is 19.7. The van der Waals surface area contributed by atoms with Crippen LogP contribution < -0.4 is 0 Å². The van der Waals surface area contributed by atoms with Gasteiger partial charge in [0.05, 0.1) is 5.54 Å². The Morgan fingerprint density at radius 1 is 0.947 bits per heavy atom. The Morgan fingerprint density at radius 3 is 2.42 bits per heavy atom. The van der Waals surface area contributed by atoms with E-state index in [4.69, 9.17) is 0 Å². The Hall–Kier alpha value is -4.56. The van der Waals surface area contributed by atoms with Gasteiger partial charge in [0, 0.05) is 34.2 Å². The molecule has 0 amide bonds. The number of hydrogen-bond donors (Lipinski definition) is 0. The first-order valence-corrected chi connectivity index (χ1v) is 22.2. The van der Waals surface area contributed by atoms with E-state index in [0.717, 1.165) is 57.8 Å². The summed E-state index contributed by atoms with van der Waals surface area (Å²) >= 11 is 0. The van der Waals surface area contributed by atoms with Crippen molar-refractivity contribution in [2.75, 3.05) is 0 Å². The van der Waals surface area contributed by atoms with E-state index in [1.165, 1.54) is 40.4 Å². The maximum atomic E-state index is 2.71. The van der Waals surface area contributed by atoms with E-state index in [2.05, 4.69) is 210 Å². The highest BCUT2D eigenvalue weighted by atomic mass is 15.2. The Labute approximate surface area is 347 Å². The van der Waals surface area contributed by atoms with Crippen molar-refractivity contribution < 1.29 is 0 Å².